The fourth-order valence-corrected chi connectivity index (χ4v) is 9.03. The topological polar surface area (TPSA) is 16.4 Å². The molecular weight excluding hydrogens is 575 g/mol. The van der Waals surface area contributed by atoms with E-state index in [0.29, 0.717) is 0 Å². The van der Waals surface area contributed by atoms with Crippen molar-refractivity contribution in [3.8, 4) is 0 Å². The van der Waals surface area contributed by atoms with Gasteiger partial charge in [0.2, 0.25) is 0 Å². The molecule has 0 aliphatic heterocycles. The van der Waals surface area contributed by atoms with E-state index in [1.807, 2.05) is 34.8 Å². The first-order valence-electron chi connectivity index (χ1n) is 14.8. The van der Waals surface area contributed by atoms with Gasteiger partial charge in [0.25, 0.3) is 0 Å². The summed E-state index contributed by atoms with van der Waals surface area (Å²) in [4.78, 5) is 2.44. The van der Waals surface area contributed by atoms with Crippen LogP contribution in [-0.4, -0.2) is 0 Å². The second kappa shape index (κ2) is 9.17. The lowest BCUT2D eigenvalue weighted by molar-refractivity contribution is 0.669. The highest BCUT2D eigenvalue weighted by Crippen LogP contribution is 2.45. The number of nitrogens with zero attached hydrogens (tertiary/aromatic N) is 1. The zero-order valence-electron chi connectivity index (χ0n) is 23.5. The van der Waals surface area contributed by atoms with Crippen molar-refractivity contribution in [3.63, 3.8) is 0 Å². The van der Waals surface area contributed by atoms with Crippen LogP contribution in [0.25, 0.3) is 73.1 Å². The van der Waals surface area contributed by atoms with Crippen LogP contribution in [-0.2, 0) is 0 Å². The Bertz CT molecular complexity index is 2750. The van der Waals surface area contributed by atoms with Gasteiger partial charge in [0.1, 0.15) is 11.2 Å². The normalized spacial score (nSPS) is 12.1. The van der Waals surface area contributed by atoms with Crippen molar-refractivity contribution in [3.05, 3.63) is 140 Å². The zero-order chi connectivity index (χ0) is 28.8. The van der Waals surface area contributed by atoms with Gasteiger partial charge in [-0.3, -0.25) is 0 Å². The Balaban J connectivity index is 1.27. The maximum absolute atomic E-state index is 6.28. The first-order chi connectivity index (χ1) is 21.8. The largest absolute Gasteiger partial charge is 0.456 e. The molecule has 7 aromatic carbocycles. The number of hydrogen-bond donors (Lipinski definition) is 0. The number of hydrogen-bond acceptors (Lipinski definition) is 4. The lowest BCUT2D eigenvalue weighted by Crippen LogP contribution is -2.10. The molecule has 0 amide bonds. The predicted octanol–water partition coefficient (Wildman–Crippen LogP) is 12.9. The van der Waals surface area contributed by atoms with E-state index < -0.39 is 0 Å². The summed E-state index contributed by atoms with van der Waals surface area (Å²) in [7, 11) is 0. The van der Waals surface area contributed by atoms with Crippen LogP contribution in [0, 0.1) is 0 Å². The molecular formula is C40H23NOS2. The third-order valence-electron chi connectivity index (χ3n) is 8.83. The molecule has 0 fully saturated rings. The first kappa shape index (κ1) is 24.3. The maximum atomic E-state index is 6.28. The van der Waals surface area contributed by atoms with Crippen molar-refractivity contribution in [1.82, 2.24) is 0 Å². The molecule has 0 unspecified atom stereocenters. The number of thiophene rings is 2. The van der Waals surface area contributed by atoms with E-state index in [1.165, 1.54) is 45.7 Å². The summed E-state index contributed by atoms with van der Waals surface area (Å²) in [5.41, 5.74) is 5.27. The van der Waals surface area contributed by atoms with E-state index in [0.717, 1.165) is 44.4 Å². The van der Waals surface area contributed by atoms with Gasteiger partial charge in [-0.15, -0.1) is 22.7 Å². The molecule has 4 heteroatoms. The molecule has 3 heterocycles. The second-order valence-corrected chi connectivity index (χ2v) is 13.5. The molecule has 0 N–H and O–H groups in total. The smallest absolute Gasteiger partial charge is 0.136 e. The van der Waals surface area contributed by atoms with Gasteiger partial charge in [-0.1, -0.05) is 72.8 Å². The number of furan rings is 1. The Hall–Kier alpha value is -5.16. The molecule has 10 aromatic rings. The van der Waals surface area contributed by atoms with Gasteiger partial charge in [0, 0.05) is 67.9 Å². The highest BCUT2D eigenvalue weighted by Gasteiger charge is 2.19. The van der Waals surface area contributed by atoms with Gasteiger partial charge in [-0.25, -0.2) is 0 Å². The summed E-state index contributed by atoms with van der Waals surface area (Å²) >= 11 is 3.72. The van der Waals surface area contributed by atoms with E-state index in [4.69, 9.17) is 4.42 Å². The quantitative estimate of drug-likeness (QED) is 0.201. The molecule has 206 valence electrons. The lowest BCUT2D eigenvalue weighted by Gasteiger charge is -2.27. The Morgan fingerprint density at radius 1 is 0.386 bits per heavy atom. The van der Waals surface area contributed by atoms with E-state index in [9.17, 15) is 0 Å². The first-order valence-corrected chi connectivity index (χ1v) is 16.4. The van der Waals surface area contributed by atoms with Gasteiger partial charge < -0.3 is 9.32 Å². The molecule has 0 aliphatic rings. The predicted molar refractivity (Wildman–Crippen MR) is 192 cm³/mol. The van der Waals surface area contributed by atoms with Crippen LogP contribution in [0.15, 0.2) is 144 Å². The molecule has 0 atom stereocenters. The minimum atomic E-state index is 0.917. The van der Waals surface area contributed by atoms with Crippen LogP contribution in [0.1, 0.15) is 0 Å². The van der Waals surface area contributed by atoms with Crippen LogP contribution in [0.3, 0.4) is 0 Å². The molecule has 10 rings (SSSR count). The molecule has 0 saturated carbocycles. The van der Waals surface area contributed by atoms with Crippen molar-refractivity contribution >= 4 is 113 Å². The third kappa shape index (κ3) is 3.53. The molecule has 0 saturated heterocycles. The van der Waals surface area contributed by atoms with E-state index in [-0.39, 0.29) is 0 Å². The highest BCUT2D eigenvalue weighted by atomic mass is 32.1. The van der Waals surface area contributed by atoms with Crippen molar-refractivity contribution in [2.24, 2.45) is 0 Å². The molecule has 0 radical (unpaired) electrons. The van der Waals surface area contributed by atoms with Crippen molar-refractivity contribution in [2.45, 2.75) is 0 Å². The molecule has 0 spiro atoms. The summed E-state index contributed by atoms with van der Waals surface area (Å²) in [6.07, 6.45) is 0. The highest BCUT2D eigenvalue weighted by molar-refractivity contribution is 7.26. The van der Waals surface area contributed by atoms with Crippen molar-refractivity contribution < 1.29 is 4.42 Å². The Morgan fingerprint density at radius 3 is 1.91 bits per heavy atom. The van der Waals surface area contributed by atoms with Crippen molar-refractivity contribution in [1.29, 1.82) is 0 Å². The van der Waals surface area contributed by atoms with Gasteiger partial charge in [-0.2, -0.15) is 0 Å². The lowest BCUT2D eigenvalue weighted by atomic mass is 10.0. The Morgan fingerprint density at radius 2 is 1.05 bits per heavy atom. The monoisotopic (exact) mass is 597 g/mol. The number of rotatable bonds is 3. The van der Waals surface area contributed by atoms with E-state index in [1.54, 1.807) is 0 Å². The van der Waals surface area contributed by atoms with Crippen LogP contribution in [0.2, 0.25) is 0 Å². The molecule has 44 heavy (non-hydrogen) atoms. The zero-order valence-corrected chi connectivity index (χ0v) is 25.1. The summed E-state index contributed by atoms with van der Waals surface area (Å²) in [6, 6.07) is 50.7. The van der Waals surface area contributed by atoms with Gasteiger partial charge in [-0.05, 0) is 72.1 Å². The minimum absolute atomic E-state index is 0.917. The third-order valence-corrected chi connectivity index (χ3v) is 11.1. The average molecular weight is 598 g/mol. The minimum Gasteiger partial charge on any atom is -0.456 e. The number of anilines is 3. The summed E-state index contributed by atoms with van der Waals surface area (Å²) in [6.45, 7) is 0. The maximum Gasteiger partial charge on any atom is 0.136 e. The summed E-state index contributed by atoms with van der Waals surface area (Å²) in [5.74, 6) is 0. The Kier molecular flexibility index (Phi) is 5.06. The van der Waals surface area contributed by atoms with Crippen LogP contribution < -0.4 is 4.90 Å². The molecule has 2 nitrogen and oxygen atoms in total. The fraction of sp³-hybridized carbons (Fsp3) is 0. The molecule has 0 bridgehead atoms. The van der Waals surface area contributed by atoms with E-state index >= 15 is 0 Å². The standard InChI is InChI=1S/C40H23NOS2/c1-4-13-35-27(9-1)32-23-31-24(20-36(32)42-35)8-7-12-34(31)41(25-17-19-39-33(21-25)29-11-3-6-15-38(29)43-39)26-16-18-30-28-10-2-5-14-37(28)44-40(30)22-26/h1-23H. The molecule has 0 aliphatic carbocycles. The Labute approximate surface area is 260 Å². The molecule has 3 aromatic heterocycles. The summed E-state index contributed by atoms with van der Waals surface area (Å²) in [5, 5.41) is 9.85. The van der Waals surface area contributed by atoms with Crippen LogP contribution >= 0.6 is 22.7 Å². The fourth-order valence-electron chi connectivity index (χ4n) is 6.81. The van der Waals surface area contributed by atoms with Gasteiger partial charge in [0.15, 0.2) is 0 Å². The number of benzene rings is 7. The van der Waals surface area contributed by atoms with Gasteiger partial charge in [0.05, 0.1) is 5.69 Å². The van der Waals surface area contributed by atoms with Crippen LogP contribution in [0.4, 0.5) is 17.1 Å². The number of fused-ring (bicyclic) bond motifs is 10. The van der Waals surface area contributed by atoms with Crippen molar-refractivity contribution in [2.75, 3.05) is 4.90 Å². The van der Waals surface area contributed by atoms with Crippen LogP contribution in [0.5, 0.6) is 0 Å². The summed E-state index contributed by atoms with van der Waals surface area (Å²) < 4.78 is 11.5. The van der Waals surface area contributed by atoms with Gasteiger partial charge >= 0.3 is 0 Å². The number of para-hydroxylation sites is 1. The SMILES string of the molecule is c1cc(N(c2ccc3c(c2)sc2ccccc23)c2ccc3sc4ccccc4c3c2)c2cc3c(cc2c1)oc1ccccc13. The second-order valence-electron chi connectivity index (χ2n) is 11.3. The van der Waals surface area contributed by atoms with E-state index in [2.05, 4.69) is 132 Å². The average Bonchev–Trinajstić information content (AvgIpc) is 3.74.